The zero-order valence-corrected chi connectivity index (χ0v) is 52.5. The highest BCUT2D eigenvalue weighted by atomic mass is 15.0. The van der Waals surface area contributed by atoms with Crippen molar-refractivity contribution in [2.75, 3.05) is 0 Å². The van der Waals surface area contributed by atoms with Crippen molar-refractivity contribution in [2.24, 2.45) is 0 Å². The Labute approximate surface area is 534 Å². The first kappa shape index (κ1) is 53.7. The van der Waals surface area contributed by atoms with E-state index in [9.17, 15) is 0 Å². The molecule has 0 aliphatic heterocycles. The second-order valence-corrected chi connectivity index (χ2v) is 27.5. The number of nitrogens with zero attached hydrogens (tertiary/aromatic N) is 1. The molecule has 91 heavy (non-hydrogen) atoms. The van der Waals surface area contributed by atoms with E-state index in [1.807, 2.05) is 0 Å². The summed E-state index contributed by atoms with van der Waals surface area (Å²) in [5.41, 5.74) is 36.7. The molecule has 1 heteroatoms. The molecule has 4 aliphatic rings. The van der Waals surface area contributed by atoms with Gasteiger partial charge >= 0.3 is 0 Å². The molecule has 1 heterocycles. The summed E-state index contributed by atoms with van der Waals surface area (Å²) < 4.78 is 2.51. The molecular weight excluding hydrogens is 1090 g/mol. The SMILES string of the molecule is CCC(C)(C)c1cc(-c2ccc(-c3cccc(-n4c5ccc(-c6ccc7c(c6)C6(c8ccccc8-c8ccccc86)c6ccccc6-7)cc5c5cc(-c6ccc7c(c6)C6(c8ccccc8-c8ccccc86)c6ccccc6-7)ccc54)c3)cc2)cc(C(C)(C)CC)c1. The lowest BCUT2D eigenvalue weighted by Gasteiger charge is -2.30. The van der Waals surface area contributed by atoms with Crippen LogP contribution in [0.25, 0.3) is 117 Å². The summed E-state index contributed by atoms with van der Waals surface area (Å²) in [5, 5.41) is 2.45. The van der Waals surface area contributed by atoms with Crippen molar-refractivity contribution < 1.29 is 0 Å². The van der Waals surface area contributed by atoms with Crippen molar-refractivity contribution in [3.63, 3.8) is 0 Å². The predicted octanol–water partition coefficient (Wildman–Crippen LogP) is 23.5. The smallest absolute Gasteiger partial charge is 0.0725 e. The molecule has 0 atom stereocenters. The number of rotatable bonds is 9. The number of fused-ring (bicyclic) bond motifs is 23. The largest absolute Gasteiger partial charge is 0.309 e. The van der Waals surface area contributed by atoms with Gasteiger partial charge in [0.25, 0.3) is 0 Å². The summed E-state index contributed by atoms with van der Waals surface area (Å²) >= 11 is 0. The van der Waals surface area contributed by atoms with Gasteiger partial charge in [-0.2, -0.15) is 0 Å². The summed E-state index contributed by atoms with van der Waals surface area (Å²) in [5.74, 6) is 0. The number of aromatic nitrogens is 1. The molecule has 0 bridgehead atoms. The fraction of sp³-hybridized carbons (Fsp3) is 0.133. The van der Waals surface area contributed by atoms with Gasteiger partial charge in [0.05, 0.1) is 21.9 Å². The highest BCUT2D eigenvalue weighted by Crippen LogP contribution is 2.65. The van der Waals surface area contributed by atoms with Gasteiger partial charge in [0.15, 0.2) is 0 Å². The van der Waals surface area contributed by atoms with Crippen LogP contribution >= 0.6 is 0 Å². The molecule has 4 aliphatic carbocycles. The lowest BCUT2D eigenvalue weighted by molar-refractivity contribution is 0.489. The third kappa shape index (κ3) is 7.47. The molecule has 434 valence electrons. The third-order valence-electron chi connectivity index (χ3n) is 22.3. The highest BCUT2D eigenvalue weighted by molar-refractivity contribution is 6.12. The molecule has 0 saturated heterocycles. The first-order valence-corrected chi connectivity index (χ1v) is 32.8. The Hall–Kier alpha value is -10.3. The van der Waals surface area contributed by atoms with E-state index in [2.05, 4.69) is 331 Å². The van der Waals surface area contributed by atoms with Gasteiger partial charge in [-0.25, -0.2) is 0 Å². The fourth-order valence-electron chi connectivity index (χ4n) is 16.9. The Kier molecular flexibility index (Phi) is 11.5. The van der Waals surface area contributed by atoms with E-state index in [0.29, 0.717) is 0 Å². The molecule has 13 aromatic carbocycles. The first-order chi connectivity index (χ1) is 44.5. The summed E-state index contributed by atoms with van der Waals surface area (Å²) in [7, 11) is 0. The van der Waals surface area contributed by atoms with Crippen LogP contribution < -0.4 is 0 Å². The van der Waals surface area contributed by atoms with Gasteiger partial charge in [-0.15, -0.1) is 0 Å². The van der Waals surface area contributed by atoms with Gasteiger partial charge in [-0.1, -0.05) is 278 Å². The Morgan fingerprint density at radius 2 is 0.560 bits per heavy atom. The minimum atomic E-state index is -0.430. The Balaban J connectivity index is 0.807. The van der Waals surface area contributed by atoms with Gasteiger partial charge in [0.1, 0.15) is 0 Å². The maximum Gasteiger partial charge on any atom is 0.0725 e. The monoisotopic (exact) mass is 1160 g/mol. The average Bonchev–Trinajstić information content (AvgIpc) is 1.52. The van der Waals surface area contributed by atoms with E-state index >= 15 is 0 Å². The maximum absolute atomic E-state index is 2.53. The topological polar surface area (TPSA) is 4.93 Å². The van der Waals surface area contributed by atoms with Crippen molar-refractivity contribution in [2.45, 2.75) is 76.0 Å². The van der Waals surface area contributed by atoms with Crippen LogP contribution in [0.5, 0.6) is 0 Å². The second-order valence-electron chi connectivity index (χ2n) is 27.5. The Morgan fingerprint density at radius 3 is 0.934 bits per heavy atom. The zero-order valence-electron chi connectivity index (χ0n) is 52.5. The van der Waals surface area contributed by atoms with Gasteiger partial charge in [0.2, 0.25) is 0 Å². The van der Waals surface area contributed by atoms with E-state index in [1.165, 1.54) is 166 Å². The van der Waals surface area contributed by atoms with Gasteiger partial charge in [-0.05, 0) is 217 Å². The lowest BCUT2D eigenvalue weighted by Crippen LogP contribution is -2.25. The second kappa shape index (κ2) is 19.6. The molecule has 2 spiro atoms. The average molecular weight is 1160 g/mol. The molecule has 1 nitrogen and oxygen atoms in total. The summed E-state index contributed by atoms with van der Waals surface area (Å²) in [4.78, 5) is 0. The molecule has 0 unspecified atom stereocenters. The Morgan fingerprint density at radius 1 is 0.253 bits per heavy atom. The van der Waals surface area contributed by atoms with Crippen LogP contribution in [-0.4, -0.2) is 4.57 Å². The molecule has 0 radical (unpaired) electrons. The van der Waals surface area contributed by atoms with Gasteiger partial charge in [-0.3, -0.25) is 0 Å². The van der Waals surface area contributed by atoms with Crippen LogP contribution in [0.4, 0.5) is 0 Å². The first-order valence-electron chi connectivity index (χ1n) is 32.8. The Bertz CT molecular complexity index is 4970. The summed E-state index contributed by atoms with van der Waals surface area (Å²) in [6.45, 7) is 14.1. The molecule has 0 N–H and O–H groups in total. The van der Waals surface area contributed by atoms with Crippen molar-refractivity contribution >= 4 is 21.8 Å². The van der Waals surface area contributed by atoms with Crippen LogP contribution in [0.3, 0.4) is 0 Å². The van der Waals surface area contributed by atoms with Crippen LogP contribution in [0, 0.1) is 0 Å². The van der Waals surface area contributed by atoms with Gasteiger partial charge < -0.3 is 4.57 Å². The zero-order chi connectivity index (χ0) is 61.1. The van der Waals surface area contributed by atoms with Crippen molar-refractivity contribution in [1.29, 1.82) is 0 Å². The minimum absolute atomic E-state index is 0.0769. The van der Waals surface area contributed by atoms with E-state index < -0.39 is 10.8 Å². The molecule has 0 saturated carbocycles. The molecule has 1 aromatic heterocycles. The van der Waals surface area contributed by atoms with Crippen LogP contribution in [0.15, 0.2) is 285 Å². The predicted molar refractivity (Wildman–Crippen MR) is 382 cm³/mol. The number of benzene rings is 13. The molecule has 0 fully saturated rings. The maximum atomic E-state index is 2.53. The summed E-state index contributed by atoms with van der Waals surface area (Å²) in [6, 6.07) is 110. The van der Waals surface area contributed by atoms with Crippen LogP contribution in [0.2, 0.25) is 0 Å². The molecule has 0 amide bonds. The lowest BCUT2D eigenvalue weighted by atomic mass is 9.70. The normalized spacial score (nSPS) is 14.1. The standard InChI is InChI=1S/C90H69N/c1-7-87(3,4)64-48-63(49-65(55-64)88(5,6)8-2)57-38-36-56(37-39-57)58-22-21-23-66(50-58)91-85-46-42-59(61-40-44-73-71-28-13-19-34-81(71)89(83(73)53-61)77-30-15-9-24-67(77)68-25-10-16-31-78(68)89)51-75(85)76-52-60(43-47-86(76)91)62-41-45-74-72-29-14-20-35-82(72)90(84(74)54-62)79-32-17-11-26-69(79)70-27-12-18-33-80(70)90/h9-55H,7-8H2,1-6H3. The van der Waals surface area contributed by atoms with Crippen molar-refractivity contribution in [1.82, 2.24) is 4.57 Å². The highest BCUT2D eigenvalue weighted by Gasteiger charge is 2.53. The van der Waals surface area contributed by atoms with E-state index in [4.69, 9.17) is 0 Å². The van der Waals surface area contributed by atoms with E-state index in [1.54, 1.807) is 0 Å². The molecule has 14 aromatic rings. The van der Waals surface area contributed by atoms with Crippen LogP contribution in [0.1, 0.15) is 110 Å². The number of hydrogen-bond acceptors (Lipinski definition) is 0. The van der Waals surface area contributed by atoms with Gasteiger partial charge in [0, 0.05) is 16.5 Å². The quantitative estimate of drug-likeness (QED) is 0.136. The summed E-state index contributed by atoms with van der Waals surface area (Å²) in [6.07, 6.45) is 2.16. The van der Waals surface area contributed by atoms with Crippen molar-refractivity contribution in [3.05, 3.63) is 341 Å². The molecular formula is C90H69N. The number of hydrogen-bond donors (Lipinski definition) is 0. The fourth-order valence-corrected chi connectivity index (χ4v) is 16.9. The van der Waals surface area contributed by atoms with Crippen LogP contribution in [-0.2, 0) is 21.7 Å². The minimum Gasteiger partial charge on any atom is -0.309 e. The third-order valence-corrected chi connectivity index (χ3v) is 22.3. The van der Waals surface area contributed by atoms with E-state index in [0.717, 1.165) is 18.5 Å². The van der Waals surface area contributed by atoms with E-state index in [-0.39, 0.29) is 10.8 Å². The van der Waals surface area contributed by atoms with Crippen molar-refractivity contribution in [3.8, 4) is 94.7 Å². The molecule has 18 rings (SSSR count).